The molecule has 2 amide bonds. The summed E-state index contributed by atoms with van der Waals surface area (Å²) in [6.07, 6.45) is 1.95. The summed E-state index contributed by atoms with van der Waals surface area (Å²) >= 11 is 6.29. The minimum absolute atomic E-state index is 0.0613. The molecule has 9 heteroatoms. The molecule has 1 atom stereocenters. The summed E-state index contributed by atoms with van der Waals surface area (Å²) in [5.74, 6) is -0.820. The van der Waals surface area contributed by atoms with Crippen LogP contribution in [0.5, 0.6) is 0 Å². The lowest BCUT2D eigenvalue weighted by atomic mass is 10.0. The number of benzene rings is 4. The average molecular weight is 618 g/mol. The molecule has 0 saturated heterocycles. The van der Waals surface area contributed by atoms with Crippen LogP contribution in [0.3, 0.4) is 0 Å². The molecule has 0 unspecified atom stereocenters. The van der Waals surface area contributed by atoms with Crippen molar-refractivity contribution in [2.24, 2.45) is 0 Å². The molecule has 4 rings (SSSR count). The summed E-state index contributed by atoms with van der Waals surface area (Å²) in [6, 6.07) is 32.2. The monoisotopic (exact) mass is 617 g/mol. The van der Waals surface area contributed by atoms with Crippen molar-refractivity contribution in [2.45, 2.75) is 43.7 Å². The Hall–Kier alpha value is -4.14. The van der Waals surface area contributed by atoms with Crippen LogP contribution < -0.4 is 9.62 Å². The van der Waals surface area contributed by atoms with Gasteiger partial charge in [-0.3, -0.25) is 13.9 Å². The number of hydrogen-bond acceptors (Lipinski definition) is 4. The van der Waals surface area contributed by atoms with Gasteiger partial charge >= 0.3 is 0 Å². The highest BCUT2D eigenvalue weighted by Gasteiger charge is 2.34. The Kier molecular flexibility index (Phi) is 11.4. The van der Waals surface area contributed by atoms with Crippen molar-refractivity contribution < 1.29 is 18.0 Å². The lowest BCUT2D eigenvalue weighted by molar-refractivity contribution is -0.140. The summed E-state index contributed by atoms with van der Waals surface area (Å²) in [5, 5.41) is 3.48. The molecular formula is C34H36ClN3O4S. The third kappa shape index (κ3) is 8.69. The minimum atomic E-state index is -4.12. The van der Waals surface area contributed by atoms with Gasteiger partial charge in [-0.05, 0) is 53.9 Å². The topological polar surface area (TPSA) is 86.8 Å². The molecule has 7 nitrogen and oxygen atoms in total. The minimum Gasteiger partial charge on any atom is -0.354 e. The average Bonchev–Trinajstić information content (AvgIpc) is 3.03. The van der Waals surface area contributed by atoms with Gasteiger partial charge in [0, 0.05) is 24.5 Å². The number of nitrogens with zero attached hydrogens (tertiary/aromatic N) is 2. The number of carbonyl (C=O) groups is 2. The van der Waals surface area contributed by atoms with E-state index in [1.807, 2.05) is 43.3 Å². The molecule has 0 fully saturated rings. The maximum Gasteiger partial charge on any atom is 0.264 e. The van der Waals surface area contributed by atoms with Crippen molar-refractivity contribution in [3.8, 4) is 0 Å². The molecule has 0 spiro atoms. The van der Waals surface area contributed by atoms with E-state index in [1.54, 1.807) is 66.7 Å². The van der Waals surface area contributed by atoms with Gasteiger partial charge in [0.15, 0.2) is 0 Å². The molecule has 0 aromatic heterocycles. The molecule has 43 heavy (non-hydrogen) atoms. The Balaban J connectivity index is 1.76. The summed E-state index contributed by atoms with van der Waals surface area (Å²) in [4.78, 5) is 29.6. The van der Waals surface area contributed by atoms with Crippen molar-refractivity contribution in [3.63, 3.8) is 0 Å². The number of para-hydroxylation sites is 1. The predicted molar refractivity (Wildman–Crippen MR) is 171 cm³/mol. The van der Waals surface area contributed by atoms with Crippen LogP contribution in [0.15, 0.2) is 120 Å². The molecule has 224 valence electrons. The van der Waals surface area contributed by atoms with Crippen molar-refractivity contribution in [3.05, 3.63) is 131 Å². The first-order valence-electron chi connectivity index (χ1n) is 14.3. The molecule has 0 saturated carbocycles. The molecule has 0 heterocycles. The van der Waals surface area contributed by atoms with E-state index < -0.39 is 28.5 Å². The van der Waals surface area contributed by atoms with Gasteiger partial charge in [-0.1, -0.05) is 104 Å². The fourth-order valence-electron chi connectivity index (χ4n) is 4.73. The number of hydrogen-bond donors (Lipinski definition) is 1. The van der Waals surface area contributed by atoms with Crippen LogP contribution in [0.4, 0.5) is 5.69 Å². The molecular weight excluding hydrogens is 582 g/mol. The Morgan fingerprint density at radius 1 is 0.814 bits per heavy atom. The van der Waals surface area contributed by atoms with E-state index in [4.69, 9.17) is 11.6 Å². The van der Waals surface area contributed by atoms with Crippen LogP contribution in [-0.2, 0) is 32.6 Å². The van der Waals surface area contributed by atoms with E-state index in [-0.39, 0.29) is 23.8 Å². The molecule has 4 aromatic carbocycles. The number of amides is 2. The number of rotatable bonds is 14. The van der Waals surface area contributed by atoms with Crippen molar-refractivity contribution in [2.75, 3.05) is 17.4 Å². The van der Waals surface area contributed by atoms with Gasteiger partial charge in [0.2, 0.25) is 11.8 Å². The van der Waals surface area contributed by atoms with Crippen molar-refractivity contribution in [1.82, 2.24) is 10.2 Å². The molecule has 0 aliphatic rings. The van der Waals surface area contributed by atoms with Gasteiger partial charge in [0.1, 0.15) is 12.6 Å². The first-order valence-corrected chi connectivity index (χ1v) is 16.1. The Morgan fingerprint density at radius 3 is 2.05 bits per heavy atom. The van der Waals surface area contributed by atoms with Gasteiger partial charge in [0.25, 0.3) is 10.0 Å². The maximum absolute atomic E-state index is 14.4. The van der Waals surface area contributed by atoms with E-state index in [9.17, 15) is 18.0 Å². The van der Waals surface area contributed by atoms with Crippen LogP contribution >= 0.6 is 11.6 Å². The highest BCUT2D eigenvalue weighted by Crippen LogP contribution is 2.25. The van der Waals surface area contributed by atoms with Crippen LogP contribution in [0.1, 0.15) is 30.9 Å². The quantitative estimate of drug-likeness (QED) is 0.174. The SMILES string of the molecule is CCCCNC(=O)[C@@H](Cc1ccccc1)N(Cc1cccc(Cl)c1)C(=O)CN(c1ccccc1)S(=O)(=O)c1ccccc1. The van der Waals surface area contributed by atoms with E-state index >= 15 is 0 Å². The fraction of sp³-hybridized carbons (Fsp3) is 0.235. The first-order chi connectivity index (χ1) is 20.8. The molecule has 4 aromatic rings. The third-order valence-corrected chi connectivity index (χ3v) is 9.02. The van der Waals surface area contributed by atoms with Crippen LogP contribution in [0.25, 0.3) is 0 Å². The third-order valence-electron chi connectivity index (χ3n) is 7.00. The molecule has 0 aliphatic carbocycles. The summed E-state index contributed by atoms with van der Waals surface area (Å²) in [6.45, 7) is 2.06. The van der Waals surface area contributed by atoms with E-state index in [0.29, 0.717) is 17.3 Å². The lowest BCUT2D eigenvalue weighted by Gasteiger charge is -2.34. The molecule has 0 radical (unpaired) electrons. The highest BCUT2D eigenvalue weighted by molar-refractivity contribution is 7.92. The second-order valence-electron chi connectivity index (χ2n) is 10.2. The number of halogens is 1. The highest BCUT2D eigenvalue weighted by atomic mass is 35.5. The van der Waals surface area contributed by atoms with Gasteiger partial charge in [-0.2, -0.15) is 0 Å². The zero-order valence-electron chi connectivity index (χ0n) is 24.1. The Bertz CT molecular complexity index is 1590. The zero-order valence-corrected chi connectivity index (χ0v) is 25.7. The van der Waals surface area contributed by atoms with Crippen LogP contribution in [0.2, 0.25) is 5.02 Å². The molecule has 1 N–H and O–H groups in total. The van der Waals surface area contributed by atoms with Gasteiger partial charge in [-0.25, -0.2) is 8.42 Å². The summed E-state index contributed by atoms with van der Waals surface area (Å²) in [5.41, 5.74) is 1.94. The standard InChI is InChI=1S/C34H36ClN3O4S/c1-2-3-22-36-34(40)32(24-27-14-7-4-8-15-27)37(25-28-16-13-17-29(35)23-28)33(39)26-38(30-18-9-5-10-19-30)43(41,42)31-20-11-6-12-21-31/h4-21,23,32H,2-3,22,24-26H2,1H3,(H,36,40)/t32-/m1/s1. The maximum atomic E-state index is 14.4. The van der Waals surface area contributed by atoms with E-state index in [0.717, 1.165) is 28.3 Å². The van der Waals surface area contributed by atoms with Crippen molar-refractivity contribution >= 4 is 39.1 Å². The Labute approximate surface area is 259 Å². The fourth-order valence-corrected chi connectivity index (χ4v) is 6.38. The summed E-state index contributed by atoms with van der Waals surface area (Å²) in [7, 11) is -4.12. The van der Waals surface area contributed by atoms with Crippen LogP contribution in [0, 0.1) is 0 Å². The zero-order chi connectivity index (χ0) is 30.7. The second kappa shape index (κ2) is 15.4. The van der Waals surface area contributed by atoms with E-state index in [1.165, 1.54) is 17.0 Å². The number of nitrogens with one attached hydrogen (secondary N) is 1. The number of anilines is 1. The van der Waals surface area contributed by atoms with Gasteiger partial charge in [0.05, 0.1) is 10.6 Å². The van der Waals surface area contributed by atoms with Gasteiger partial charge in [-0.15, -0.1) is 0 Å². The summed E-state index contributed by atoms with van der Waals surface area (Å²) < 4.78 is 28.9. The number of unbranched alkanes of at least 4 members (excludes halogenated alkanes) is 1. The molecule has 0 bridgehead atoms. The largest absolute Gasteiger partial charge is 0.354 e. The first kappa shape index (κ1) is 31.8. The molecule has 0 aliphatic heterocycles. The van der Waals surface area contributed by atoms with Gasteiger partial charge < -0.3 is 10.2 Å². The second-order valence-corrected chi connectivity index (χ2v) is 12.5. The van der Waals surface area contributed by atoms with E-state index in [2.05, 4.69) is 5.32 Å². The number of sulfonamides is 1. The predicted octanol–water partition coefficient (Wildman–Crippen LogP) is 6.09. The smallest absolute Gasteiger partial charge is 0.264 e. The Morgan fingerprint density at radius 2 is 1.42 bits per heavy atom. The van der Waals surface area contributed by atoms with Crippen molar-refractivity contribution in [1.29, 1.82) is 0 Å². The normalized spacial score (nSPS) is 11.9. The number of carbonyl (C=O) groups excluding carboxylic acids is 2. The van der Waals surface area contributed by atoms with Crippen LogP contribution in [-0.4, -0.2) is 44.3 Å². The lowest BCUT2D eigenvalue weighted by Crippen LogP contribution is -2.53.